The summed E-state index contributed by atoms with van der Waals surface area (Å²) in [5.74, 6) is 0. The Morgan fingerprint density at radius 3 is 2.68 bits per heavy atom. The molecule has 0 bridgehead atoms. The molecule has 1 rings (SSSR count). The van der Waals surface area contributed by atoms with E-state index in [1.165, 1.54) is 0 Å². The van der Waals surface area contributed by atoms with Crippen molar-refractivity contribution in [1.82, 2.24) is 0 Å². The van der Waals surface area contributed by atoms with Gasteiger partial charge in [0.1, 0.15) is 6.10 Å². The Hall–Kier alpha value is -0.610. The van der Waals surface area contributed by atoms with Gasteiger partial charge in [0.25, 0.3) is 0 Å². The van der Waals surface area contributed by atoms with E-state index in [0.717, 1.165) is 29.4 Å². The van der Waals surface area contributed by atoms with Gasteiger partial charge in [-0.15, -0.1) is 5.73 Å². The van der Waals surface area contributed by atoms with E-state index < -0.39 is 0 Å². The Labute approximate surface area is 129 Å². The minimum Gasteiger partial charge on any atom is -0.352 e. The van der Waals surface area contributed by atoms with Crippen LogP contribution in [0.3, 0.4) is 0 Å². The Morgan fingerprint density at radius 2 is 2.11 bits per heavy atom. The summed E-state index contributed by atoms with van der Waals surface area (Å²) >= 11 is 2.28. The number of alkyl halides is 1. The highest BCUT2D eigenvalue weighted by Crippen LogP contribution is 2.21. The number of hydrogen-bond donors (Lipinski definition) is 0. The maximum Gasteiger partial charge on any atom is 0.167 e. The van der Waals surface area contributed by atoms with Gasteiger partial charge in [0.05, 0.1) is 4.43 Å². The average Bonchev–Trinajstić information content (AvgIpc) is 2.46. The second kappa shape index (κ2) is 10.2. The first-order valence-electron chi connectivity index (χ1n) is 6.55. The van der Waals surface area contributed by atoms with Crippen molar-refractivity contribution in [3.63, 3.8) is 0 Å². The fraction of sp³-hybridized carbons (Fsp3) is 0.438. The van der Waals surface area contributed by atoms with Crippen molar-refractivity contribution in [2.75, 3.05) is 11.0 Å². The predicted octanol–water partition coefficient (Wildman–Crippen LogP) is 4.66. The third-order valence-corrected chi connectivity index (χ3v) is 3.34. The molecule has 0 spiro atoms. The van der Waals surface area contributed by atoms with E-state index >= 15 is 0 Å². The van der Waals surface area contributed by atoms with E-state index in [9.17, 15) is 0 Å². The molecular weight excluding hydrogens is 351 g/mol. The number of hydrogen-bond acceptors (Lipinski definition) is 2. The van der Waals surface area contributed by atoms with Crippen LogP contribution in [0.2, 0.25) is 0 Å². The standard InChI is InChI=1S/C16H21IO2/c1-3-5-12-18-16(13-17)19-15(9-4-2)14-10-7-6-8-11-14/h6-11,15-16H,2-3,5,12-13H2,1H3. The third-order valence-electron chi connectivity index (χ3n) is 2.62. The fourth-order valence-corrected chi connectivity index (χ4v) is 2.07. The molecule has 0 radical (unpaired) electrons. The average molecular weight is 372 g/mol. The second-order valence-electron chi connectivity index (χ2n) is 4.15. The molecule has 0 heterocycles. The maximum absolute atomic E-state index is 5.99. The Morgan fingerprint density at radius 1 is 1.37 bits per heavy atom. The van der Waals surface area contributed by atoms with Crippen LogP contribution in [-0.4, -0.2) is 17.3 Å². The lowest BCUT2D eigenvalue weighted by Crippen LogP contribution is -2.21. The monoisotopic (exact) mass is 372 g/mol. The van der Waals surface area contributed by atoms with Gasteiger partial charge in [-0.2, -0.15) is 0 Å². The van der Waals surface area contributed by atoms with E-state index in [4.69, 9.17) is 9.47 Å². The van der Waals surface area contributed by atoms with Crippen molar-refractivity contribution in [2.45, 2.75) is 32.2 Å². The summed E-state index contributed by atoms with van der Waals surface area (Å²) in [6, 6.07) is 10.1. The van der Waals surface area contributed by atoms with Gasteiger partial charge in [-0.3, -0.25) is 0 Å². The molecule has 0 saturated heterocycles. The molecule has 104 valence electrons. The number of halogens is 1. The molecule has 0 N–H and O–H groups in total. The first-order valence-corrected chi connectivity index (χ1v) is 8.08. The highest BCUT2D eigenvalue weighted by Gasteiger charge is 2.15. The van der Waals surface area contributed by atoms with Crippen LogP contribution >= 0.6 is 22.6 Å². The molecule has 19 heavy (non-hydrogen) atoms. The minimum absolute atomic E-state index is 0.153. The molecule has 0 aliphatic carbocycles. The summed E-state index contributed by atoms with van der Waals surface area (Å²) < 4.78 is 12.5. The summed E-state index contributed by atoms with van der Waals surface area (Å²) in [7, 11) is 0. The van der Waals surface area contributed by atoms with Crippen LogP contribution in [0, 0.1) is 0 Å². The molecule has 1 aromatic rings. The van der Waals surface area contributed by atoms with Gasteiger partial charge in [0.2, 0.25) is 0 Å². The molecule has 0 saturated carbocycles. The van der Waals surface area contributed by atoms with E-state index in [0.29, 0.717) is 0 Å². The van der Waals surface area contributed by atoms with Crippen LogP contribution in [0.1, 0.15) is 31.4 Å². The summed E-state index contributed by atoms with van der Waals surface area (Å²) in [5, 5.41) is 0. The highest BCUT2D eigenvalue weighted by molar-refractivity contribution is 14.1. The summed E-state index contributed by atoms with van der Waals surface area (Å²) in [6.45, 7) is 6.52. The van der Waals surface area contributed by atoms with Crippen molar-refractivity contribution in [2.24, 2.45) is 0 Å². The SMILES string of the molecule is C=C=CC(OC(CI)OCCCC)c1ccccc1. The van der Waals surface area contributed by atoms with Gasteiger partial charge in [0.15, 0.2) is 6.29 Å². The van der Waals surface area contributed by atoms with E-state index in [1.54, 1.807) is 0 Å². The highest BCUT2D eigenvalue weighted by atomic mass is 127. The molecule has 2 atom stereocenters. The quantitative estimate of drug-likeness (QED) is 0.206. The van der Waals surface area contributed by atoms with Crippen LogP contribution in [0.4, 0.5) is 0 Å². The zero-order chi connectivity index (χ0) is 13.9. The predicted molar refractivity (Wildman–Crippen MR) is 87.5 cm³/mol. The normalized spacial score (nSPS) is 13.6. The van der Waals surface area contributed by atoms with Crippen molar-refractivity contribution >= 4 is 22.6 Å². The van der Waals surface area contributed by atoms with Gasteiger partial charge in [0, 0.05) is 6.61 Å². The number of benzene rings is 1. The van der Waals surface area contributed by atoms with Gasteiger partial charge in [-0.25, -0.2) is 0 Å². The molecule has 0 aliphatic heterocycles. The zero-order valence-electron chi connectivity index (χ0n) is 11.3. The van der Waals surface area contributed by atoms with Crippen molar-refractivity contribution in [1.29, 1.82) is 0 Å². The smallest absolute Gasteiger partial charge is 0.167 e. The number of ether oxygens (including phenoxy) is 2. The van der Waals surface area contributed by atoms with Crippen LogP contribution in [0.5, 0.6) is 0 Å². The molecule has 0 aliphatic rings. The van der Waals surface area contributed by atoms with Crippen LogP contribution in [0.25, 0.3) is 0 Å². The Kier molecular flexibility index (Phi) is 8.84. The van der Waals surface area contributed by atoms with Crippen LogP contribution in [-0.2, 0) is 9.47 Å². The molecular formula is C16H21IO2. The lowest BCUT2D eigenvalue weighted by Gasteiger charge is -2.21. The second-order valence-corrected chi connectivity index (χ2v) is 5.03. The molecule has 0 amide bonds. The summed E-state index contributed by atoms with van der Waals surface area (Å²) in [4.78, 5) is 0. The summed E-state index contributed by atoms with van der Waals surface area (Å²) in [6.07, 6.45) is 3.67. The minimum atomic E-state index is -0.193. The van der Waals surface area contributed by atoms with Gasteiger partial charge in [-0.1, -0.05) is 72.8 Å². The Bertz CT molecular complexity index is 385. The fourth-order valence-electron chi connectivity index (χ4n) is 1.61. The van der Waals surface area contributed by atoms with Crippen LogP contribution < -0.4 is 0 Å². The molecule has 0 aromatic heterocycles. The number of rotatable bonds is 9. The molecule has 0 fully saturated rings. The van der Waals surface area contributed by atoms with Gasteiger partial charge >= 0.3 is 0 Å². The molecule has 3 heteroatoms. The van der Waals surface area contributed by atoms with Crippen molar-refractivity contribution < 1.29 is 9.47 Å². The molecule has 1 aromatic carbocycles. The maximum atomic E-state index is 5.99. The molecule has 2 unspecified atom stereocenters. The number of unbranched alkanes of at least 4 members (excludes halogenated alkanes) is 1. The zero-order valence-corrected chi connectivity index (χ0v) is 13.5. The first-order chi connectivity index (χ1) is 9.31. The van der Waals surface area contributed by atoms with Crippen molar-refractivity contribution in [3.8, 4) is 0 Å². The lowest BCUT2D eigenvalue weighted by atomic mass is 10.1. The van der Waals surface area contributed by atoms with Gasteiger partial charge in [-0.05, 0) is 18.1 Å². The third kappa shape index (κ3) is 6.39. The topological polar surface area (TPSA) is 18.5 Å². The van der Waals surface area contributed by atoms with Gasteiger partial charge < -0.3 is 9.47 Å². The van der Waals surface area contributed by atoms with E-state index in [-0.39, 0.29) is 12.4 Å². The van der Waals surface area contributed by atoms with Crippen molar-refractivity contribution in [3.05, 3.63) is 54.3 Å². The molecule has 2 nitrogen and oxygen atoms in total. The first kappa shape index (κ1) is 16.4. The van der Waals surface area contributed by atoms with E-state index in [1.807, 2.05) is 36.4 Å². The Balaban J connectivity index is 2.64. The van der Waals surface area contributed by atoms with Crippen LogP contribution in [0.15, 0.2) is 48.7 Å². The summed E-state index contributed by atoms with van der Waals surface area (Å²) in [5.41, 5.74) is 3.90. The largest absolute Gasteiger partial charge is 0.352 e. The lowest BCUT2D eigenvalue weighted by molar-refractivity contribution is -0.146. The van der Waals surface area contributed by atoms with E-state index in [2.05, 4.69) is 41.8 Å².